The summed E-state index contributed by atoms with van der Waals surface area (Å²) in [6.07, 6.45) is 6.50. The minimum Gasteiger partial charge on any atom is -0.504 e. The number of Topliss-reactive ketones (excluding diaryl/α,β-unsaturated/α-hetero) is 1. The molecule has 0 amide bonds. The Kier molecular flexibility index (Phi) is 10.9. The number of unbranched alkanes of at least 4 members (excludes halogenated alkanes) is 5. The minimum atomic E-state index is -0.561. The molecule has 188 valence electrons. The van der Waals surface area contributed by atoms with Crippen molar-refractivity contribution in [3.05, 3.63) is 47.5 Å². The molecule has 0 saturated carbocycles. The highest BCUT2D eigenvalue weighted by Gasteiger charge is 2.20. The van der Waals surface area contributed by atoms with Crippen LogP contribution >= 0.6 is 0 Å². The van der Waals surface area contributed by atoms with Crippen LogP contribution in [0.3, 0.4) is 0 Å². The number of ether oxygens (including phenoxy) is 3. The number of carbonyl (C=O) groups is 4. The van der Waals surface area contributed by atoms with Crippen molar-refractivity contribution in [3.63, 3.8) is 0 Å². The molecule has 0 heterocycles. The van der Waals surface area contributed by atoms with Gasteiger partial charge >= 0.3 is 17.9 Å². The Hall–Kier alpha value is -3.68. The molecule has 0 saturated heterocycles. The van der Waals surface area contributed by atoms with E-state index >= 15 is 0 Å². The average Bonchev–Trinajstić information content (AvgIpc) is 2.76. The number of aromatic hydroxyl groups is 1. The molecule has 2 rings (SSSR count). The SMILES string of the molecule is CC(=O)Oc1cc(CCCCCCCCC(=O)c2c(OC(C)=O)cccc2OC(C)=O)ccc1O. The molecule has 35 heavy (non-hydrogen) atoms. The van der Waals surface area contributed by atoms with E-state index < -0.39 is 17.9 Å². The topological polar surface area (TPSA) is 116 Å². The average molecular weight is 485 g/mol. The highest BCUT2D eigenvalue weighted by atomic mass is 16.5. The quantitative estimate of drug-likeness (QED) is 0.176. The van der Waals surface area contributed by atoms with Gasteiger partial charge in [-0.05, 0) is 49.1 Å². The van der Waals surface area contributed by atoms with Gasteiger partial charge < -0.3 is 19.3 Å². The van der Waals surface area contributed by atoms with E-state index in [9.17, 15) is 24.3 Å². The fourth-order valence-electron chi connectivity index (χ4n) is 3.66. The molecule has 0 aliphatic rings. The van der Waals surface area contributed by atoms with Crippen LogP contribution in [0.2, 0.25) is 0 Å². The molecule has 1 N–H and O–H groups in total. The monoisotopic (exact) mass is 484 g/mol. The zero-order valence-corrected chi connectivity index (χ0v) is 20.4. The number of phenols is 1. The predicted octanol–water partition coefficient (Wildman–Crippen LogP) is 5.32. The van der Waals surface area contributed by atoms with Gasteiger partial charge in [0.05, 0.1) is 0 Å². The Bertz CT molecular complexity index is 1020. The summed E-state index contributed by atoms with van der Waals surface area (Å²) in [6.45, 7) is 3.78. The number of carbonyl (C=O) groups excluding carboxylic acids is 4. The van der Waals surface area contributed by atoms with Gasteiger partial charge in [-0.1, -0.05) is 37.8 Å². The lowest BCUT2D eigenvalue weighted by atomic mass is 10.0. The van der Waals surface area contributed by atoms with Crippen LogP contribution in [0.5, 0.6) is 23.0 Å². The predicted molar refractivity (Wildman–Crippen MR) is 129 cm³/mol. The summed E-state index contributed by atoms with van der Waals surface area (Å²) >= 11 is 0. The zero-order chi connectivity index (χ0) is 25.8. The largest absolute Gasteiger partial charge is 0.504 e. The highest BCUT2D eigenvalue weighted by molar-refractivity contribution is 6.02. The Morgan fingerprint density at radius 2 is 1.20 bits per heavy atom. The summed E-state index contributed by atoms with van der Waals surface area (Å²) in [6, 6.07) is 9.58. The van der Waals surface area contributed by atoms with E-state index in [1.54, 1.807) is 12.1 Å². The van der Waals surface area contributed by atoms with Crippen molar-refractivity contribution in [2.24, 2.45) is 0 Å². The van der Waals surface area contributed by atoms with E-state index in [0.717, 1.165) is 44.1 Å². The van der Waals surface area contributed by atoms with E-state index in [2.05, 4.69) is 0 Å². The van der Waals surface area contributed by atoms with Crippen LogP contribution in [0.1, 0.15) is 81.6 Å². The van der Waals surface area contributed by atoms with Crippen molar-refractivity contribution in [3.8, 4) is 23.0 Å². The molecular formula is C27H32O8. The Morgan fingerprint density at radius 1 is 0.686 bits per heavy atom. The van der Waals surface area contributed by atoms with Crippen molar-refractivity contribution < 1.29 is 38.5 Å². The van der Waals surface area contributed by atoms with Gasteiger partial charge in [0, 0.05) is 27.2 Å². The third kappa shape index (κ3) is 9.60. The lowest BCUT2D eigenvalue weighted by Crippen LogP contribution is -2.12. The third-order valence-corrected chi connectivity index (χ3v) is 5.17. The van der Waals surface area contributed by atoms with Crippen molar-refractivity contribution in [1.82, 2.24) is 0 Å². The molecule has 0 unspecified atom stereocenters. The van der Waals surface area contributed by atoms with Gasteiger partial charge in [0.25, 0.3) is 0 Å². The summed E-state index contributed by atoms with van der Waals surface area (Å²) in [4.78, 5) is 46.7. The molecule has 2 aromatic carbocycles. The molecule has 0 spiro atoms. The molecule has 0 aliphatic heterocycles. The molecule has 0 atom stereocenters. The van der Waals surface area contributed by atoms with E-state index in [0.29, 0.717) is 6.42 Å². The van der Waals surface area contributed by atoms with E-state index in [1.165, 1.54) is 39.0 Å². The molecule has 2 aromatic rings. The molecular weight excluding hydrogens is 452 g/mol. The maximum atomic E-state index is 12.8. The number of benzene rings is 2. The molecule has 0 radical (unpaired) electrons. The van der Waals surface area contributed by atoms with E-state index in [-0.39, 0.29) is 40.8 Å². The Morgan fingerprint density at radius 3 is 1.77 bits per heavy atom. The molecule has 0 aromatic heterocycles. The van der Waals surface area contributed by atoms with Gasteiger partial charge in [-0.3, -0.25) is 19.2 Å². The van der Waals surface area contributed by atoms with Crippen LogP contribution in [0.15, 0.2) is 36.4 Å². The Balaban J connectivity index is 1.77. The van der Waals surface area contributed by atoms with Crippen LogP contribution in [-0.2, 0) is 20.8 Å². The lowest BCUT2D eigenvalue weighted by molar-refractivity contribution is -0.133. The van der Waals surface area contributed by atoms with E-state index in [4.69, 9.17) is 14.2 Å². The first-order valence-corrected chi connectivity index (χ1v) is 11.7. The lowest BCUT2D eigenvalue weighted by Gasteiger charge is -2.12. The number of esters is 3. The normalized spacial score (nSPS) is 10.5. The van der Waals surface area contributed by atoms with Crippen molar-refractivity contribution in [2.75, 3.05) is 0 Å². The summed E-state index contributed by atoms with van der Waals surface area (Å²) in [5.41, 5.74) is 1.10. The zero-order valence-electron chi connectivity index (χ0n) is 20.4. The molecule has 8 nitrogen and oxygen atoms in total. The van der Waals surface area contributed by atoms with Crippen molar-refractivity contribution in [2.45, 2.75) is 72.1 Å². The fourth-order valence-corrected chi connectivity index (χ4v) is 3.66. The maximum absolute atomic E-state index is 12.8. The number of hydrogen-bond acceptors (Lipinski definition) is 8. The van der Waals surface area contributed by atoms with Gasteiger partial charge in [0.15, 0.2) is 17.3 Å². The Labute approximate surface area is 205 Å². The molecule has 8 heteroatoms. The third-order valence-electron chi connectivity index (χ3n) is 5.17. The summed E-state index contributed by atoms with van der Waals surface area (Å²) < 4.78 is 15.3. The second kappa shape index (κ2) is 13.9. The van der Waals surface area contributed by atoms with Crippen LogP contribution in [0, 0.1) is 0 Å². The molecule has 0 fully saturated rings. The van der Waals surface area contributed by atoms with Gasteiger partial charge in [-0.15, -0.1) is 0 Å². The highest BCUT2D eigenvalue weighted by Crippen LogP contribution is 2.31. The van der Waals surface area contributed by atoms with Gasteiger partial charge in [-0.25, -0.2) is 0 Å². The van der Waals surface area contributed by atoms with Crippen LogP contribution in [-0.4, -0.2) is 28.8 Å². The second-order valence-electron chi connectivity index (χ2n) is 8.26. The first-order chi connectivity index (χ1) is 16.7. The maximum Gasteiger partial charge on any atom is 0.308 e. The fraction of sp³-hybridized carbons (Fsp3) is 0.407. The van der Waals surface area contributed by atoms with Crippen molar-refractivity contribution in [1.29, 1.82) is 0 Å². The van der Waals surface area contributed by atoms with Crippen LogP contribution in [0.4, 0.5) is 0 Å². The van der Waals surface area contributed by atoms with E-state index in [1.807, 2.05) is 6.07 Å². The first kappa shape index (κ1) is 27.6. The summed E-state index contributed by atoms with van der Waals surface area (Å²) in [7, 11) is 0. The van der Waals surface area contributed by atoms with Crippen LogP contribution < -0.4 is 14.2 Å². The second-order valence-corrected chi connectivity index (χ2v) is 8.26. The number of aryl methyl sites for hydroxylation is 1. The number of hydrogen-bond donors (Lipinski definition) is 1. The summed E-state index contributed by atoms with van der Waals surface area (Å²) in [5, 5.41) is 9.75. The van der Waals surface area contributed by atoms with Gasteiger partial charge in [0.2, 0.25) is 0 Å². The van der Waals surface area contributed by atoms with Gasteiger partial charge in [0.1, 0.15) is 17.1 Å². The molecule has 0 aliphatic carbocycles. The standard InChI is InChI=1S/C27H32O8/c1-18(28)33-24-13-10-14-25(34-19(2)29)27(24)23(32)12-9-7-5-4-6-8-11-21-15-16-22(31)26(17-21)35-20(3)30/h10,13-17,31H,4-9,11-12H2,1-3H3. The first-order valence-electron chi connectivity index (χ1n) is 11.7. The molecule has 0 bridgehead atoms. The number of phenolic OH excluding ortho intramolecular Hbond substituents is 1. The number of rotatable bonds is 13. The van der Waals surface area contributed by atoms with Gasteiger partial charge in [-0.2, -0.15) is 0 Å². The van der Waals surface area contributed by atoms with Crippen molar-refractivity contribution >= 4 is 23.7 Å². The number of ketones is 1. The summed E-state index contributed by atoms with van der Waals surface area (Å²) in [5.74, 6) is -1.55. The smallest absolute Gasteiger partial charge is 0.308 e. The van der Waals surface area contributed by atoms with Crippen LogP contribution in [0.25, 0.3) is 0 Å². The minimum absolute atomic E-state index is 0.0612.